The molecule has 2 amide bonds. The summed E-state index contributed by atoms with van der Waals surface area (Å²) < 4.78 is 0. The van der Waals surface area contributed by atoms with Crippen LogP contribution in [0.25, 0.3) is 0 Å². The second kappa shape index (κ2) is 6.03. The molecular formula is C13H19N3O. The first-order valence-electron chi connectivity index (χ1n) is 5.71. The zero-order chi connectivity index (χ0) is 12.8. The molecule has 4 heteroatoms. The number of benzene rings is 1. The Balaban J connectivity index is 2.69. The number of carbonyl (C=O) groups excluding carboxylic acids is 1. The molecule has 1 rings (SSSR count). The summed E-state index contributed by atoms with van der Waals surface area (Å²) in [4.78, 5) is 11.6. The van der Waals surface area contributed by atoms with Gasteiger partial charge >= 0.3 is 6.03 Å². The summed E-state index contributed by atoms with van der Waals surface area (Å²) in [6.45, 7) is 7.79. The van der Waals surface area contributed by atoms with Gasteiger partial charge in [0.05, 0.1) is 0 Å². The lowest BCUT2D eigenvalue weighted by Gasteiger charge is -2.10. The Morgan fingerprint density at radius 2 is 1.88 bits per heavy atom. The van der Waals surface area contributed by atoms with Crippen molar-refractivity contribution in [2.75, 3.05) is 5.32 Å². The summed E-state index contributed by atoms with van der Waals surface area (Å²) in [5.41, 5.74) is 6.28. The third-order valence-corrected chi connectivity index (χ3v) is 2.58. The van der Waals surface area contributed by atoms with Crippen molar-refractivity contribution in [3.05, 3.63) is 29.3 Å². The predicted octanol–water partition coefficient (Wildman–Crippen LogP) is 3.21. The van der Waals surface area contributed by atoms with Gasteiger partial charge in [-0.1, -0.05) is 25.1 Å². The first kappa shape index (κ1) is 13.2. The standard InChI is InChI=1S/C13H19N3O/c1-5-11(4)15-16-13(17)14-12-9(2)7-6-8-10(12)3/h6-8H,5H2,1-4H3,(H2,14,16,17)/b15-11+. The van der Waals surface area contributed by atoms with Gasteiger partial charge in [-0.3, -0.25) is 0 Å². The summed E-state index contributed by atoms with van der Waals surface area (Å²) in [6.07, 6.45) is 0.823. The molecule has 0 spiro atoms. The number of hydrogen-bond donors (Lipinski definition) is 2. The topological polar surface area (TPSA) is 53.5 Å². The highest BCUT2D eigenvalue weighted by atomic mass is 16.2. The predicted molar refractivity (Wildman–Crippen MR) is 71.5 cm³/mol. The normalized spacial score (nSPS) is 11.2. The number of para-hydroxylation sites is 1. The highest BCUT2D eigenvalue weighted by Gasteiger charge is 2.05. The molecule has 0 radical (unpaired) electrons. The van der Waals surface area contributed by atoms with E-state index in [4.69, 9.17) is 0 Å². The largest absolute Gasteiger partial charge is 0.339 e. The minimum Gasteiger partial charge on any atom is -0.306 e. The van der Waals surface area contributed by atoms with E-state index >= 15 is 0 Å². The number of anilines is 1. The molecule has 0 saturated heterocycles. The molecule has 0 fully saturated rings. The van der Waals surface area contributed by atoms with Crippen molar-refractivity contribution in [1.82, 2.24) is 5.43 Å². The third kappa shape index (κ3) is 3.90. The van der Waals surface area contributed by atoms with Crippen LogP contribution in [0.15, 0.2) is 23.3 Å². The van der Waals surface area contributed by atoms with E-state index in [2.05, 4.69) is 15.8 Å². The molecule has 17 heavy (non-hydrogen) atoms. The Bertz CT molecular complexity index is 418. The maximum absolute atomic E-state index is 11.6. The van der Waals surface area contributed by atoms with Crippen LogP contribution >= 0.6 is 0 Å². The van der Waals surface area contributed by atoms with E-state index < -0.39 is 0 Å². The SMILES string of the molecule is CC/C(C)=N/NC(=O)Nc1c(C)cccc1C. The Kier molecular flexibility index (Phi) is 4.69. The zero-order valence-corrected chi connectivity index (χ0v) is 10.8. The summed E-state index contributed by atoms with van der Waals surface area (Å²) in [7, 11) is 0. The molecule has 1 aromatic carbocycles. The van der Waals surface area contributed by atoms with Gasteiger partial charge in [-0.15, -0.1) is 0 Å². The van der Waals surface area contributed by atoms with Gasteiger partial charge in [0.25, 0.3) is 0 Å². The Morgan fingerprint density at radius 3 is 2.41 bits per heavy atom. The smallest absolute Gasteiger partial charge is 0.306 e. The number of aryl methyl sites for hydroxylation is 2. The fraction of sp³-hybridized carbons (Fsp3) is 0.385. The number of carbonyl (C=O) groups is 1. The van der Waals surface area contributed by atoms with Crippen LogP contribution in [0.2, 0.25) is 0 Å². The number of amides is 2. The summed E-state index contributed by atoms with van der Waals surface area (Å²) in [5, 5.41) is 6.75. The second-order valence-electron chi connectivity index (χ2n) is 4.03. The molecule has 0 saturated carbocycles. The highest BCUT2D eigenvalue weighted by Crippen LogP contribution is 2.18. The van der Waals surface area contributed by atoms with Crippen LogP contribution in [0.1, 0.15) is 31.4 Å². The van der Waals surface area contributed by atoms with Gasteiger partial charge in [0, 0.05) is 11.4 Å². The first-order chi connectivity index (χ1) is 8.04. The summed E-state index contributed by atoms with van der Waals surface area (Å²) in [6, 6.07) is 5.58. The summed E-state index contributed by atoms with van der Waals surface area (Å²) in [5.74, 6) is 0. The number of nitrogens with zero attached hydrogens (tertiary/aromatic N) is 1. The maximum Gasteiger partial charge on any atom is 0.339 e. The van der Waals surface area contributed by atoms with Crippen LogP contribution < -0.4 is 10.7 Å². The van der Waals surface area contributed by atoms with Gasteiger partial charge in [-0.2, -0.15) is 5.10 Å². The van der Waals surface area contributed by atoms with Crippen molar-refractivity contribution in [3.8, 4) is 0 Å². The molecule has 92 valence electrons. The fourth-order valence-corrected chi connectivity index (χ4v) is 1.38. The fourth-order valence-electron chi connectivity index (χ4n) is 1.38. The quantitative estimate of drug-likeness (QED) is 0.611. The number of urea groups is 1. The molecule has 0 unspecified atom stereocenters. The number of nitrogens with one attached hydrogen (secondary N) is 2. The third-order valence-electron chi connectivity index (χ3n) is 2.58. The Labute approximate surface area is 102 Å². The minimum atomic E-state index is -0.310. The van der Waals surface area contributed by atoms with E-state index in [1.54, 1.807) is 0 Å². The lowest BCUT2D eigenvalue weighted by Crippen LogP contribution is -2.25. The van der Waals surface area contributed by atoms with Crippen molar-refractivity contribution < 1.29 is 4.79 Å². The highest BCUT2D eigenvalue weighted by molar-refractivity contribution is 5.92. The van der Waals surface area contributed by atoms with Gasteiger partial charge in [-0.05, 0) is 38.3 Å². The van der Waals surface area contributed by atoms with E-state index in [1.165, 1.54) is 0 Å². The number of rotatable bonds is 3. The van der Waals surface area contributed by atoms with Crippen LogP contribution in [0.3, 0.4) is 0 Å². The van der Waals surface area contributed by atoms with Gasteiger partial charge < -0.3 is 5.32 Å². The molecule has 0 aliphatic carbocycles. The Morgan fingerprint density at radius 1 is 1.29 bits per heavy atom. The maximum atomic E-state index is 11.6. The molecule has 0 aromatic heterocycles. The van der Waals surface area contributed by atoms with E-state index in [0.717, 1.165) is 28.9 Å². The van der Waals surface area contributed by atoms with Crippen molar-refractivity contribution >= 4 is 17.4 Å². The number of hydrogen-bond acceptors (Lipinski definition) is 2. The molecule has 0 heterocycles. The van der Waals surface area contributed by atoms with E-state index in [-0.39, 0.29) is 6.03 Å². The molecule has 0 aliphatic rings. The monoisotopic (exact) mass is 233 g/mol. The molecule has 4 nitrogen and oxygen atoms in total. The van der Waals surface area contributed by atoms with Crippen molar-refractivity contribution in [2.45, 2.75) is 34.1 Å². The van der Waals surface area contributed by atoms with Gasteiger partial charge in [-0.25, -0.2) is 10.2 Å². The average molecular weight is 233 g/mol. The lowest BCUT2D eigenvalue weighted by molar-refractivity contribution is 0.252. The van der Waals surface area contributed by atoms with Crippen LogP contribution in [-0.4, -0.2) is 11.7 Å². The van der Waals surface area contributed by atoms with Crippen LogP contribution in [0.4, 0.5) is 10.5 Å². The molecule has 0 atom stereocenters. The molecule has 0 aliphatic heterocycles. The summed E-state index contributed by atoms with van der Waals surface area (Å²) >= 11 is 0. The van der Waals surface area contributed by atoms with Crippen molar-refractivity contribution in [3.63, 3.8) is 0 Å². The first-order valence-corrected chi connectivity index (χ1v) is 5.71. The van der Waals surface area contributed by atoms with Gasteiger partial charge in [0.2, 0.25) is 0 Å². The van der Waals surface area contributed by atoms with E-state index in [0.29, 0.717) is 0 Å². The van der Waals surface area contributed by atoms with Crippen LogP contribution in [-0.2, 0) is 0 Å². The van der Waals surface area contributed by atoms with Crippen LogP contribution in [0.5, 0.6) is 0 Å². The molecule has 1 aromatic rings. The van der Waals surface area contributed by atoms with E-state index in [1.807, 2.05) is 45.9 Å². The molecular weight excluding hydrogens is 214 g/mol. The lowest BCUT2D eigenvalue weighted by atomic mass is 10.1. The van der Waals surface area contributed by atoms with Gasteiger partial charge in [0.1, 0.15) is 0 Å². The number of hydrazone groups is 1. The Hall–Kier alpha value is -1.84. The molecule has 2 N–H and O–H groups in total. The van der Waals surface area contributed by atoms with Crippen molar-refractivity contribution in [2.24, 2.45) is 5.10 Å². The van der Waals surface area contributed by atoms with Crippen LogP contribution in [0, 0.1) is 13.8 Å². The molecule has 0 bridgehead atoms. The van der Waals surface area contributed by atoms with Gasteiger partial charge in [0.15, 0.2) is 0 Å². The zero-order valence-electron chi connectivity index (χ0n) is 10.8. The van der Waals surface area contributed by atoms with Crippen molar-refractivity contribution in [1.29, 1.82) is 0 Å². The van der Waals surface area contributed by atoms with E-state index in [9.17, 15) is 4.79 Å². The second-order valence-corrected chi connectivity index (χ2v) is 4.03. The minimum absolute atomic E-state index is 0.310. The average Bonchev–Trinajstić information content (AvgIpc) is 2.31.